The van der Waals surface area contributed by atoms with Crippen LogP contribution in [0.1, 0.15) is 36.0 Å². The predicted molar refractivity (Wildman–Crippen MR) is 223 cm³/mol. The van der Waals surface area contributed by atoms with Gasteiger partial charge in [0.05, 0.1) is 5.54 Å². The van der Waals surface area contributed by atoms with Crippen molar-refractivity contribution in [1.29, 1.82) is 0 Å². The average Bonchev–Trinajstić information content (AvgIpc) is 3.56. The van der Waals surface area contributed by atoms with Gasteiger partial charge < -0.3 is 30.4 Å². The summed E-state index contributed by atoms with van der Waals surface area (Å²) in [6, 6.07) is 25.6. The molecule has 4 N–H and O–H groups in total. The molecule has 0 saturated carbocycles. The highest BCUT2D eigenvalue weighted by atomic mass is 35.5. The monoisotopic (exact) mass is 820 g/mol. The minimum Gasteiger partial charge on any atom is -0.508 e. The molecule has 7 rings (SSSR count). The Balaban J connectivity index is 1.03. The molecule has 2 aliphatic rings. The highest BCUT2D eigenvalue weighted by molar-refractivity contribution is 6.36. The molecule has 0 bridgehead atoms. The number of piperidine rings is 1. The fraction of sp³-hybridized carbons (Fsp3) is 0.364. The van der Waals surface area contributed by atoms with Crippen molar-refractivity contribution >= 4 is 34.1 Å². The quantitative estimate of drug-likeness (QED) is 0.0787. The van der Waals surface area contributed by atoms with Crippen LogP contribution in [0.5, 0.6) is 11.5 Å². The van der Waals surface area contributed by atoms with Gasteiger partial charge in [-0.3, -0.25) is 9.80 Å². The van der Waals surface area contributed by atoms with E-state index in [4.69, 9.17) is 23.2 Å². The van der Waals surface area contributed by atoms with E-state index in [0.717, 1.165) is 117 Å². The van der Waals surface area contributed by atoms with E-state index in [1.165, 1.54) is 17.7 Å². The number of piperazine rings is 1. The van der Waals surface area contributed by atoms with Crippen LogP contribution in [0.4, 0.5) is 13.2 Å². The Labute approximate surface area is 342 Å². The van der Waals surface area contributed by atoms with Gasteiger partial charge in [0.1, 0.15) is 11.5 Å². The van der Waals surface area contributed by atoms with Crippen molar-refractivity contribution in [1.82, 2.24) is 30.3 Å². The number of alkyl halides is 3. The third kappa shape index (κ3) is 10.5. The van der Waals surface area contributed by atoms with Gasteiger partial charge in [-0.05, 0) is 97.6 Å². The number of phenols is 1. The molecule has 2 aliphatic heterocycles. The summed E-state index contributed by atoms with van der Waals surface area (Å²) in [6.07, 6.45) is -0.00187. The number of nitrogens with one attached hydrogen (secondary N) is 3. The van der Waals surface area contributed by atoms with Gasteiger partial charge in [-0.2, -0.15) is 0 Å². The second-order valence-corrected chi connectivity index (χ2v) is 15.8. The lowest BCUT2D eigenvalue weighted by molar-refractivity contribution is -0.274. The Hall–Kier alpha value is -4.23. The molecule has 0 spiro atoms. The first-order valence-corrected chi connectivity index (χ1v) is 20.2. The standard InChI is InChI=1S/C44H49Cl2F3N6O2/c1-31(43(16-19-50-20-17-43)52-27-32-6-11-35(56)12-7-32)51-18-3-21-55-30-38(34-9-13-36(14-10-34)57-44(47,48)49)37-26-33(8-15-42(37)55)28-53-22-24-54(25-23-53)29-39-40(45)4-2-5-41(39)46/h2,4-15,26,30,50-52,56H,1,3,16-25,27-29H2. The van der Waals surface area contributed by atoms with Crippen LogP contribution in [-0.4, -0.2) is 77.2 Å². The molecule has 8 nitrogen and oxygen atoms in total. The first kappa shape index (κ1) is 40.9. The summed E-state index contributed by atoms with van der Waals surface area (Å²) in [4.78, 5) is 4.82. The van der Waals surface area contributed by atoms with E-state index in [0.29, 0.717) is 23.1 Å². The van der Waals surface area contributed by atoms with E-state index < -0.39 is 6.36 Å². The average molecular weight is 822 g/mol. The van der Waals surface area contributed by atoms with Crippen LogP contribution < -0.4 is 20.7 Å². The molecule has 0 unspecified atom stereocenters. The summed E-state index contributed by atoms with van der Waals surface area (Å²) in [5.41, 5.74) is 6.77. The summed E-state index contributed by atoms with van der Waals surface area (Å²) in [5.74, 6) is 0.00203. The van der Waals surface area contributed by atoms with Gasteiger partial charge >= 0.3 is 6.36 Å². The molecule has 0 atom stereocenters. The summed E-state index contributed by atoms with van der Waals surface area (Å²) < 4.78 is 45.2. The largest absolute Gasteiger partial charge is 0.573 e. The molecular formula is C44H49Cl2F3N6O2. The Morgan fingerprint density at radius 2 is 1.51 bits per heavy atom. The number of rotatable bonds is 15. The molecule has 5 aromatic rings. The van der Waals surface area contributed by atoms with Crippen molar-refractivity contribution in [2.45, 2.75) is 57.3 Å². The van der Waals surface area contributed by atoms with Crippen LogP contribution >= 0.6 is 23.2 Å². The van der Waals surface area contributed by atoms with E-state index in [9.17, 15) is 18.3 Å². The summed E-state index contributed by atoms with van der Waals surface area (Å²) >= 11 is 12.9. The smallest absolute Gasteiger partial charge is 0.508 e. The minimum atomic E-state index is -4.75. The number of phenolic OH excluding ortho intramolecular Hbond substituents is 1. The minimum absolute atomic E-state index is 0.248. The molecule has 0 aliphatic carbocycles. The van der Waals surface area contributed by atoms with Crippen molar-refractivity contribution < 1.29 is 23.0 Å². The predicted octanol–water partition coefficient (Wildman–Crippen LogP) is 8.94. The molecule has 0 radical (unpaired) electrons. The molecule has 2 fully saturated rings. The zero-order valence-electron chi connectivity index (χ0n) is 31.9. The number of aromatic hydroxyl groups is 1. The van der Waals surface area contributed by atoms with E-state index in [1.54, 1.807) is 24.3 Å². The first-order chi connectivity index (χ1) is 27.4. The molecule has 0 amide bonds. The Morgan fingerprint density at radius 1 is 0.860 bits per heavy atom. The molecular weight excluding hydrogens is 772 g/mol. The van der Waals surface area contributed by atoms with Crippen molar-refractivity contribution in [3.05, 3.63) is 130 Å². The zero-order chi connectivity index (χ0) is 40.0. The second kappa shape index (κ2) is 18.1. The normalized spacial score (nSPS) is 16.5. The molecule has 4 aromatic carbocycles. The van der Waals surface area contributed by atoms with Crippen molar-refractivity contribution in [2.75, 3.05) is 45.8 Å². The van der Waals surface area contributed by atoms with Crippen molar-refractivity contribution in [3.63, 3.8) is 0 Å². The van der Waals surface area contributed by atoms with Gasteiger partial charge in [0.25, 0.3) is 0 Å². The maximum Gasteiger partial charge on any atom is 0.573 e. The number of aromatic nitrogens is 1. The lowest BCUT2D eigenvalue weighted by atomic mass is 9.85. The van der Waals surface area contributed by atoms with Crippen molar-refractivity contribution in [2.24, 2.45) is 0 Å². The number of halogens is 5. The van der Waals surface area contributed by atoms with Gasteiger partial charge in [-0.15, -0.1) is 13.2 Å². The highest BCUT2D eigenvalue weighted by Gasteiger charge is 2.34. The van der Waals surface area contributed by atoms with Crippen molar-refractivity contribution in [3.8, 4) is 22.6 Å². The van der Waals surface area contributed by atoms with E-state index in [1.807, 2.05) is 30.3 Å². The van der Waals surface area contributed by atoms with Gasteiger partial charge in [0, 0.05) is 103 Å². The van der Waals surface area contributed by atoms with Crippen LogP contribution in [-0.2, 0) is 26.2 Å². The Kier molecular flexibility index (Phi) is 13.0. The Morgan fingerprint density at radius 3 is 2.18 bits per heavy atom. The van der Waals surface area contributed by atoms with Gasteiger partial charge in [0.2, 0.25) is 0 Å². The topological polar surface area (TPSA) is 77.0 Å². The number of benzene rings is 4. The Bertz CT molecular complexity index is 2110. The third-order valence-electron chi connectivity index (χ3n) is 11.2. The van der Waals surface area contributed by atoms with Gasteiger partial charge in [-0.25, -0.2) is 0 Å². The van der Waals surface area contributed by atoms with E-state index in [-0.39, 0.29) is 17.0 Å². The summed E-state index contributed by atoms with van der Waals surface area (Å²) in [7, 11) is 0. The van der Waals surface area contributed by atoms with Gasteiger partial charge in [-0.1, -0.05) is 66.2 Å². The molecule has 1 aromatic heterocycles. The number of hydrogen-bond donors (Lipinski definition) is 4. The zero-order valence-corrected chi connectivity index (χ0v) is 33.4. The molecule has 57 heavy (non-hydrogen) atoms. The molecule has 302 valence electrons. The fourth-order valence-corrected chi connectivity index (χ4v) is 8.46. The second-order valence-electron chi connectivity index (χ2n) is 15.0. The maximum absolute atomic E-state index is 12.9. The van der Waals surface area contributed by atoms with Crippen LogP contribution in [0.2, 0.25) is 10.0 Å². The summed E-state index contributed by atoms with van der Waals surface area (Å²) in [6.45, 7) is 13.5. The van der Waals surface area contributed by atoms with Crippen LogP contribution in [0.25, 0.3) is 22.0 Å². The molecule has 2 saturated heterocycles. The number of fused-ring (bicyclic) bond motifs is 1. The SMILES string of the molecule is C=C(NCCCn1cc(-c2ccc(OC(F)(F)F)cc2)c2cc(CN3CCN(Cc4c(Cl)cccc4Cl)CC3)ccc21)C1(NCc2ccc(O)cc2)CCNCC1. The first-order valence-electron chi connectivity index (χ1n) is 19.5. The van der Waals surface area contributed by atoms with E-state index >= 15 is 0 Å². The number of hydrogen-bond acceptors (Lipinski definition) is 7. The lowest BCUT2D eigenvalue weighted by Crippen LogP contribution is -2.55. The fourth-order valence-electron chi connectivity index (χ4n) is 7.95. The number of nitrogens with zero attached hydrogens (tertiary/aromatic N) is 3. The highest BCUT2D eigenvalue weighted by Crippen LogP contribution is 2.34. The van der Waals surface area contributed by atoms with E-state index in [2.05, 4.69) is 66.0 Å². The van der Waals surface area contributed by atoms with Crippen LogP contribution in [0, 0.1) is 0 Å². The van der Waals surface area contributed by atoms with Crippen LogP contribution in [0.3, 0.4) is 0 Å². The third-order valence-corrected chi connectivity index (χ3v) is 11.9. The van der Waals surface area contributed by atoms with Gasteiger partial charge in [0.15, 0.2) is 0 Å². The van der Waals surface area contributed by atoms with Crippen LogP contribution in [0.15, 0.2) is 103 Å². The molecule has 13 heteroatoms. The number of aryl methyl sites for hydroxylation is 1. The number of ether oxygens (including phenoxy) is 1. The maximum atomic E-state index is 12.9. The lowest BCUT2D eigenvalue weighted by Gasteiger charge is -2.41. The summed E-state index contributed by atoms with van der Waals surface area (Å²) in [5, 5.41) is 23.0. The molecule has 3 heterocycles.